The maximum atomic E-state index is 14.4. The van der Waals surface area contributed by atoms with Crippen LogP contribution in [0.4, 0.5) is 27.3 Å². The van der Waals surface area contributed by atoms with Gasteiger partial charge in [-0.15, -0.1) is 11.3 Å². The fourth-order valence-corrected chi connectivity index (χ4v) is 8.42. The van der Waals surface area contributed by atoms with Gasteiger partial charge >= 0.3 is 0 Å². The number of thiophene rings is 1. The molecule has 3 aliphatic rings. The molecule has 0 aliphatic carbocycles. The monoisotopic (exact) mass is 704 g/mol. The third kappa shape index (κ3) is 6.19. The predicted octanol–water partition coefficient (Wildman–Crippen LogP) is 7.22. The third-order valence-corrected chi connectivity index (χ3v) is 11.3. The van der Waals surface area contributed by atoms with Crippen LogP contribution >= 0.6 is 11.3 Å². The summed E-state index contributed by atoms with van der Waals surface area (Å²) in [5.41, 5.74) is 5.92. The average molecular weight is 705 g/mol. The lowest BCUT2D eigenvalue weighted by atomic mass is 9.73. The van der Waals surface area contributed by atoms with Gasteiger partial charge < -0.3 is 30.2 Å². The fraction of sp³-hybridized carbons (Fsp3) is 0.282. The number of aryl methyl sites for hydroxylation is 2. The van der Waals surface area contributed by atoms with Gasteiger partial charge in [-0.25, -0.2) is 9.37 Å². The van der Waals surface area contributed by atoms with Crippen molar-refractivity contribution in [1.29, 1.82) is 0 Å². The first-order chi connectivity index (χ1) is 24.7. The number of amides is 3. The van der Waals surface area contributed by atoms with Crippen molar-refractivity contribution in [2.24, 2.45) is 5.41 Å². The number of benzene rings is 2. The Labute approximate surface area is 298 Å². The minimum absolute atomic E-state index is 0.168. The lowest BCUT2D eigenvalue weighted by molar-refractivity contribution is -0.000511. The Morgan fingerprint density at radius 1 is 0.980 bits per heavy atom. The van der Waals surface area contributed by atoms with E-state index in [0.29, 0.717) is 51.7 Å². The normalized spacial score (nSPS) is 16.1. The van der Waals surface area contributed by atoms with E-state index in [4.69, 9.17) is 4.74 Å². The number of nitrogens with one attached hydrogen (secondary N) is 3. The average Bonchev–Trinajstić information content (AvgIpc) is 3.74. The minimum Gasteiger partial charge on any atom is -0.381 e. The molecule has 0 saturated carbocycles. The highest BCUT2D eigenvalue weighted by molar-refractivity contribution is 7.17. The molecular formula is C39H37FN6O4S. The molecule has 3 N–H and O–H groups in total. The Morgan fingerprint density at radius 3 is 2.53 bits per heavy atom. The number of H-pyrrole nitrogens is 1. The van der Waals surface area contributed by atoms with Crippen molar-refractivity contribution in [1.82, 2.24) is 9.97 Å². The van der Waals surface area contributed by atoms with Gasteiger partial charge in [-0.05, 0) is 98.3 Å². The van der Waals surface area contributed by atoms with Crippen LogP contribution in [0.15, 0.2) is 73.1 Å². The lowest BCUT2D eigenvalue weighted by Crippen LogP contribution is -2.59. The minimum atomic E-state index is -0.485. The molecule has 2 fully saturated rings. The standard InChI is InChI=1S/C39H37FN6O4S/c1-23-18-28(35(42-20-23)45-21-39(22-45)12-16-50-17-13-39)36(47)43-27-8-6-25(7-9-27)38(49)46-15-11-26-19-31(51-34(26)33-30(46)10-14-41-33)37(48)44-32-24(2)4-3-5-29(32)40/h3-10,14,18-20,41H,11-13,15-17,21-22H2,1-2H3,(H,43,47)(H,44,48). The Morgan fingerprint density at radius 2 is 1.76 bits per heavy atom. The number of hydrogen-bond donors (Lipinski definition) is 3. The largest absolute Gasteiger partial charge is 0.381 e. The molecular weight excluding hydrogens is 668 g/mol. The van der Waals surface area contributed by atoms with Crippen molar-refractivity contribution < 1.29 is 23.5 Å². The second-order valence-corrected chi connectivity index (χ2v) is 14.7. The maximum Gasteiger partial charge on any atom is 0.265 e. The van der Waals surface area contributed by atoms with Crippen LogP contribution in [-0.4, -0.2) is 60.5 Å². The Balaban J connectivity index is 0.960. The topological polar surface area (TPSA) is 120 Å². The number of nitrogens with zero attached hydrogens (tertiary/aromatic N) is 3. The van der Waals surface area contributed by atoms with Gasteiger partial charge in [-0.2, -0.15) is 0 Å². The number of carbonyl (C=O) groups is 3. The van der Waals surface area contributed by atoms with E-state index in [9.17, 15) is 18.8 Å². The Hall–Kier alpha value is -5.33. The third-order valence-electron chi connectivity index (χ3n) is 10.1. The Kier molecular flexibility index (Phi) is 8.43. The molecule has 2 saturated heterocycles. The van der Waals surface area contributed by atoms with Crippen LogP contribution in [0.1, 0.15) is 59.9 Å². The van der Waals surface area contributed by atoms with Gasteiger partial charge in [0.25, 0.3) is 17.7 Å². The number of fused-ring (bicyclic) bond motifs is 3. The van der Waals surface area contributed by atoms with Gasteiger partial charge in [-0.3, -0.25) is 14.4 Å². The van der Waals surface area contributed by atoms with E-state index >= 15 is 0 Å². The summed E-state index contributed by atoms with van der Waals surface area (Å²) in [4.78, 5) is 53.8. The summed E-state index contributed by atoms with van der Waals surface area (Å²) >= 11 is 1.31. The van der Waals surface area contributed by atoms with E-state index in [1.807, 2.05) is 25.1 Å². The summed E-state index contributed by atoms with van der Waals surface area (Å²) in [6.07, 6.45) is 6.15. The molecule has 1 spiro atoms. The van der Waals surface area contributed by atoms with Gasteiger partial charge in [0, 0.05) is 61.9 Å². The van der Waals surface area contributed by atoms with Gasteiger partial charge in [0.05, 0.1) is 32.4 Å². The molecule has 0 bridgehead atoms. The highest BCUT2D eigenvalue weighted by atomic mass is 32.1. The number of aromatic amines is 1. The van der Waals surface area contributed by atoms with Crippen LogP contribution in [0.2, 0.25) is 0 Å². The van der Waals surface area contributed by atoms with Crippen molar-refractivity contribution >= 4 is 51.9 Å². The van der Waals surface area contributed by atoms with Crippen molar-refractivity contribution in [3.63, 3.8) is 0 Å². The first kappa shape index (κ1) is 32.9. The first-order valence-electron chi connectivity index (χ1n) is 17.1. The van der Waals surface area contributed by atoms with E-state index < -0.39 is 5.82 Å². The number of pyridine rings is 1. The molecule has 6 heterocycles. The van der Waals surface area contributed by atoms with Gasteiger partial charge in [-0.1, -0.05) is 12.1 Å². The molecule has 0 radical (unpaired) electrons. The van der Waals surface area contributed by atoms with Crippen molar-refractivity contribution in [2.75, 3.05) is 53.3 Å². The van der Waals surface area contributed by atoms with E-state index in [1.165, 1.54) is 17.4 Å². The SMILES string of the molecule is Cc1cnc(N2CC3(CCOCC3)C2)c(C(=O)Nc2ccc(C(=O)N3CCc4cc(C(=O)Nc5c(C)cccc5F)sc4-c4[nH]ccc43)cc2)c1. The predicted molar refractivity (Wildman–Crippen MR) is 197 cm³/mol. The van der Waals surface area contributed by atoms with Gasteiger partial charge in [0.1, 0.15) is 11.6 Å². The fourth-order valence-electron chi connectivity index (χ4n) is 7.30. The first-order valence-corrected chi connectivity index (χ1v) is 17.9. The van der Waals surface area contributed by atoms with Crippen LogP contribution in [0.25, 0.3) is 10.6 Å². The molecule has 260 valence electrons. The summed E-state index contributed by atoms with van der Waals surface area (Å²) < 4.78 is 20.0. The van der Waals surface area contributed by atoms with Crippen molar-refractivity contribution in [2.45, 2.75) is 33.1 Å². The number of hydrogen-bond acceptors (Lipinski definition) is 7. The Bertz CT molecular complexity index is 2140. The van der Waals surface area contributed by atoms with Crippen LogP contribution in [0.5, 0.6) is 0 Å². The van der Waals surface area contributed by atoms with E-state index in [0.717, 1.165) is 60.8 Å². The zero-order valence-corrected chi connectivity index (χ0v) is 29.2. The molecule has 51 heavy (non-hydrogen) atoms. The van der Waals surface area contributed by atoms with Crippen LogP contribution in [0.3, 0.4) is 0 Å². The molecule has 2 aromatic carbocycles. The molecule has 12 heteroatoms. The zero-order valence-electron chi connectivity index (χ0n) is 28.3. The summed E-state index contributed by atoms with van der Waals surface area (Å²) in [7, 11) is 0. The molecule has 10 nitrogen and oxygen atoms in total. The van der Waals surface area contributed by atoms with E-state index in [1.54, 1.807) is 60.6 Å². The summed E-state index contributed by atoms with van der Waals surface area (Å²) in [6.45, 7) is 7.35. The second kappa shape index (κ2) is 13.1. The maximum absolute atomic E-state index is 14.4. The van der Waals surface area contributed by atoms with E-state index in [2.05, 4.69) is 25.5 Å². The van der Waals surface area contributed by atoms with Crippen LogP contribution in [-0.2, 0) is 11.2 Å². The molecule has 3 aromatic heterocycles. The molecule has 0 unspecified atom stereocenters. The smallest absolute Gasteiger partial charge is 0.265 e. The van der Waals surface area contributed by atoms with Crippen LogP contribution < -0.4 is 20.4 Å². The van der Waals surface area contributed by atoms with Gasteiger partial charge in [0.2, 0.25) is 0 Å². The van der Waals surface area contributed by atoms with Crippen LogP contribution in [0, 0.1) is 25.1 Å². The zero-order chi connectivity index (χ0) is 35.3. The lowest BCUT2D eigenvalue weighted by Gasteiger charge is -2.53. The highest BCUT2D eigenvalue weighted by Gasteiger charge is 2.45. The van der Waals surface area contributed by atoms with Crippen molar-refractivity contribution in [3.05, 3.63) is 112 Å². The number of rotatable bonds is 6. The highest BCUT2D eigenvalue weighted by Crippen LogP contribution is 2.43. The molecule has 3 amide bonds. The molecule has 3 aliphatic heterocycles. The van der Waals surface area contributed by atoms with Gasteiger partial charge in [0.15, 0.2) is 0 Å². The number of para-hydroxylation sites is 1. The number of halogens is 1. The number of anilines is 4. The van der Waals surface area contributed by atoms with Crippen molar-refractivity contribution in [3.8, 4) is 10.6 Å². The van der Waals surface area contributed by atoms with E-state index in [-0.39, 0.29) is 28.8 Å². The molecule has 0 atom stereocenters. The number of aromatic nitrogens is 2. The molecule has 5 aromatic rings. The number of carbonyl (C=O) groups excluding carboxylic acids is 3. The summed E-state index contributed by atoms with van der Waals surface area (Å²) in [5.74, 6) is -0.607. The quantitative estimate of drug-likeness (QED) is 0.172. The second-order valence-electron chi connectivity index (χ2n) is 13.7. The number of ether oxygens (including phenoxy) is 1. The molecule has 8 rings (SSSR count). The summed E-state index contributed by atoms with van der Waals surface area (Å²) in [6, 6.07) is 17.1. The summed E-state index contributed by atoms with van der Waals surface area (Å²) in [5, 5.41) is 5.73.